The number of rotatable bonds is 3. The third-order valence-electron chi connectivity index (χ3n) is 4.01. The molecule has 3 aromatic rings. The Morgan fingerprint density at radius 1 is 0.462 bits per heavy atom. The maximum absolute atomic E-state index is 14.5. The summed E-state index contributed by atoms with van der Waals surface area (Å²) < 4.78 is 84.8. The number of halogens is 6. The van der Waals surface area contributed by atoms with Crippen molar-refractivity contribution in [3.63, 3.8) is 0 Å². The van der Waals surface area contributed by atoms with Crippen molar-refractivity contribution in [2.75, 3.05) is 0 Å². The molecule has 0 unspecified atom stereocenters. The summed E-state index contributed by atoms with van der Waals surface area (Å²) in [6.45, 7) is 0. The molecule has 0 aromatic heterocycles. The Labute approximate surface area is 158 Å². The van der Waals surface area contributed by atoms with Gasteiger partial charge in [-0.2, -0.15) is 0 Å². The molecule has 0 radical (unpaired) electrons. The number of benzene rings is 3. The predicted octanol–water partition coefficient (Wildman–Crippen LogP) is 4.98. The summed E-state index contributed by atoms with van der Waals surface area (Å²) in [6, 6.07) is 8.39. The van der Waals surface area contributed by atoms with E-state index >= 15 is 0 Å². The van der Waals surface area contributed by atoms with Crippen LogP contribution in [-0.4, -0.2) is 22.5 Å². The molecular formula is C19H9F6Sn+3. The van der Waals surface area contributed by atoms with Gasteiger partial charge in [-0.1, -0.05) is 0 Å². The van der Waals surface area contributed by atoms with Gasteiger partial charge in [0, 0.05) is 0 Å². The molecule has 3 aromatic carbocycles. The Kier molecular flexibility index (Phi) is 5.05. The summed E-state index contributed by atoms with van der Waals surface area (Å²) in [5.74, 6) is -6.96. The van der Waals surface area contributed by atoms with Crippen LogP contribution in [0.1, 0.15) is 16.7 Å². The quantitative estimate of drug-likeness (QED) is 0.288. The van der Waals surface area contributed by atoms with Gasteiger partial charge in [0.1, 0.15) is 0 Å². The third kappa shape index (κ3) is 2.90. The molecule has 0 aliphatic heterocycles. The van der Waals surface area contributed by atoms with Crippen molar-refractivity contribution >= 4 is 22.5 Å². The van der Waals surface area contributed by atoms with Crippen molar-refractivity contribution in [2.24, 2.45) is 0 Å². The van der Waals surface area contributed by atoms with E-state index in [2.05, 4.69) is 0 Å². The van der Waals surface area contributed by atoms with Crippen molar-refractivity contribution in [1.29, 1.82) is 0 Å². The first-order valence-corrected chi connectivity index (χ1v) is 8.79. The average Bonchev–Trinajstić information content (AvgIpc) is 2.54. The summed E-state index contributed by atoms with van der Waals surface area (Å²) in [5.41, 5.74) is -2.44. The Balaban J connectivity index is 2.53. The molecule has 0 saturated heterocycles. The standard InChI is InChI=1S/C19H9F6.Sn/c20-10-4-1-5-11(21)16(10)19(17-12(22)6-2-7-13(17)23)18-14(24)8-3-9-15(18)25;/h1-9H;/q;+3. The molecule has 0 fully saturated rings. The van der Waals surface area contributed by atoms with Crippen molar-refractivity contribution in [3.05, 3.63) is 106 Å². The Morgan fingerprint density at radius 2 is 0.654 bits per heavy atom. The van der Waals surface area contributed by atoms with Crippen LogP contribution in [0.25, 0.3) is 0 Å². The normalized spacial score (nSPS) is 11.7. The molecule has 0 nitrogen and oxygen atoms in total. The summed E-state index contributed by atoms with van der Waals surface area (Å²) in [5, 5.41) is 0. The van der Waals surface area contributed by atoms with Gasteiger partial charge in [0.05, 0.1) is 0 Å². The van der Waals surface area contributed by atoms with Crippen molar-refractivity contribution < 1.29 is 26.3 Å². The molecule has 0 bridgehead atoms. The van der Waals surface area contributed by atoms with E-state index in [1.165, 1.54) is 0 Å². The molecule has 3 rings (SSSR count). The first kappa shape index (κ1) is 18.8. The first-order valence-electron chi connectivity index (χ1n) is 7.37. The van der Waals surface area contributed by atoms with E-state index in [4.69, 9.17) is 0 Å². The van der Waals surface area contributed by atoms with Crippen LogP contribution < -0.4 is 0 Å². The SMILES string of the molecule is Fc1cccc(F)c1[C]([Sn+3])(c1c(F)cccc1F)c1c(F)cccc1F. The Morgan fingerprint density at radius 3 is 0.846 bits per heavy atom. The molecule has 0 aliphatic carbocycles. The van der Waals surface area contributed by atoms with Gasteiger partial charge in [0.2, 0.25) is 0 Å². The summed E-state index contributed by atoms with van der Waals surface area (Å²) in [4.78, 5) is 0. The average molecular weight is 470 g/mol. The van der Waals surface area contributed by atoms with Crippen molar-refractivity contribution in [1.82, 2.24) is 0 Å². The zero-order valence-electron chi connectivity index (χ0n) is 13.0. The monoisotopic (exact) mass is 471 g/mol. The van der Waals surface area contributed by atoms with E-state index < -0.39 is 55.0 Å². The summed E-state index contributed by atoms with van der Waals surface area (Å²) in [6.07, 6.45) is 0. The van der Waals surface area contributed by atoms with Gasteiger partial charge in [0.15, 0.2) is 0 Å². The van der Waals surface area contributed by atoms with E-state index in [1.807, 2.05) is 0 Å². The van der Waals surface area contributed by atoms with E-state index in [-0.39, 0.29) is 22.5 Å². The van der Waals surface area contributed by atoms with Crippen molar-refractivity contribution in [3.8, 4) is 0 Å². The van der Waals surface area contributed by atoms with Crippen LogP contribution in [-0.2, 0) is 3.43 Å². The molecule has 0 heterocycles. The fraction of sp³-hybridized carbons (Fsp3) is 0.0526. The van der Waals surface area contributed by atoms with E-state index in [0.29, 0.717) is 0 Å². The summed E-state index contributed by atoms with van der Waals surface area (Å²) >= 11 is 0.0758. The molecule has 0 spiro atoms. The fourth-order valence-electron chi connectivity index (χ4n) is 2.94. The maximum atomic E-state index is 14.5. The zero-order chi connectivity index (χ0) is 19.1. The van der Waals surface area contributed by atoms with Crippen LogP contribution in [0.3, 0.4) is 0 Å². The van der Waals surface area contributed by atoms with Crippen molar-refractivity contribution in [2.45, 2.75) is 3.43 Å². The molecule has 0 amide bonds. The van der Waals surface area contributed by atoms with Crippen LogP contribution in [0.4, 0.5) is 26.3 Å². The van der Waals surface area contributed by atoms with E-state index in [9.17, 15) is 26.3 Å². The second kappa shape index (κ2) is 6.98. The molecule has 7 heteroatoms. The molecule has 0 atom stereocenters. The number of hydrogen-bond donors (Lipinski definition) is 0. The predicted molar refractivity (Wildman–Crippen MR) is 84.7 cm³/mol. The molecule has 0 N–H and O–H groups in total. The molecular weight excluding hydrogens is 461 g/mol. The Bertz CT molecular complexity index is 800. The van der Waals surface area contributed by atoms with Gasteiger partial charge in [-0.05, 0) is 0 Å². The van der Waals surface area contributed by atoms with Gasteiger partial charge >= 0.3 is 158 Å². The second-order valence-corrected chi connectivity index (χ2v) is 7.68. The minimum absolute atomic E-state index is 0.0758. The van der Waals surface area contributed by atoms with Gasteiger partial charge in [-0.15, -0.1) is 0 Å². The third-order valence-corrected chi connectivity index (χ3v) is 6.15. The van der Waals surface area contributed by atoms with Crippen LogP contribution >= 0.6 is 0 Å². The van der Waals surface area contributed by atoms with Crippen LogP contribution in [0.15, 0.2) is 54.6 Å². The van der Waals surface area contributed by atoms with E-state index in [0.717, 1.165) is 54.6 Å². The first-order chi connectivity index (χ1) is 12.3. The zero-order valence-corrected chi connectivity index (χ0v) is 15.8. The fourth-order valence-corrected chi connectivity index (χ4v) is 4.99. The van der Waals surface area contributed by atoms with Gasteiger partial charge in [-0.3, -0.25) is 0 Å². The van der Waals surface area contributed by atoms with E-state index in [1.54, 1.807) is 0 Å². The molecule has 26 heavy (non-hydrogen) atoms. The minimum atomic E-state index is -2.34. The number of hydrogen-bond acceptors (Lipinski definition) is 0. The molecule has 0 aliphatic rings. The second-order valence-electron chi connectivity index (χ2n) is 5.54. The van der Waals surface area contributed by atoms with Gasteiger partial charge in [-0.25, -0.2) is 0 Å². The van der Waals surface area contributed by atoms with Crippen LogP contribution in [0, 0.1) is 34.9 Å². The molecule has 0 saturated carbocycles. The van der Waals surface area contributed by atoms with Crippen LogP contribution in [0.5, 0.6) is 0 Å². The van der Waals surface area contributed by atoms with Gasteiger partial charge < -0.3 is 0 Å². The summed E-state index contributed by atoms with van der Waals surface area (Å²) in [7, 11) is 0. The Hall–Kier alpha value is -1.96. The topological polar surface area (TPSA) is 0 Å². The van der Waals surface area contributed by atoms with Crippen LogP contribution in [0.2, 0.25) is 0 Å². The molecule has 128 valence electrons. The van der Waals surface area contributed by atoms with Gasteiger partial charge in [0.25, 0.3) is 0 Å².